The van der Waals surface area contributed by atoms with E-state index in [0.717, 1.165) is 22.0 Å². The number of nitrogens with one attached hydrogen (secondary N) is 1. The molecule has 5 nitrogen and oxygen atoms in total. The van der Waals surface area contributed by atoms with E-state index in [0.29, 0.717) is 12.3 Å². The number of thioether (sulfide) groups is 1. The van der Waals surface area contributed by atoms with Gasteiger partial charge in [0.1, 0.15) is 17.9 Å². The molecule has 124 valence electrons. The molecule has 0 bridgehead atoms. The minimum Gasteiger partial charge on any atom is -0.496 e. The van der Waals surface area contributed by atoms with Crippen molar-refractivity contribution in [2.45, 2.75) is 17.5 Å². The summed E-state index contributed by atoms with van der Waals surface area (Å²) >= 11 is 1.53. The molecule has 1 aromatic heterocycles. The predicted molar refractivity (Wildman–Crippen MR) is 92.0 cm³/mol. The van der Waals surface area contributed by atoms with Crippen molar-refractivity contribution >= 4 is 11.8 Å². The Labute approximate surface area is 143 Å². The third-order valence-electron chi connectivity index (χ3n) is 3.43. The zero-order valence-corrected chi connectivity index (χ0v) is 14.0. The van der Waals surface area contributed by atoms with Gasteiger partial charge < -0.3 is 10.2 Å². The number of rotatable bonds is 7. The van der Waals surface area contributed by atoms with Crippen molar-refractivity contribution in [1.82, 2.24) is 14.9 Å². The van der Waals surface area contributed by atoms with Crippen molar-refractivity contribution < 1.29 is 9.13 Å². The Morgan fingerprint density at radius 3 is 2.75 bits per heavy atom. The topological polar surface area (TPSA) is 52.0 Å². The van der Waals surface area contributed by atoms with Crippen molar-refractivity contribution in [3.8, 4) is 5.75 Å². The quantitative estimate of drug-likeness (QED) is 0.665. The Hall–Kier alpha value is -2.54. The first-order valence-corrected chi connectivity index (χ1v) is 8.38. The molecule has 0 unspecified atom stereocenters. The molecule has 7 heteroatoms. The molecule has 0 saturated carbocycles. The van der Waals surface area contributed by atoms with Gasteiger partial charge in [-0.3, -0.25) is 0 Å². The maximum atomic E-state index is 12.9. The zero-order valence-electron chi connectivity index (χ0n) is 13.1. The van der Waals surface area contributed by atoms with Crippen LogP contribution in [0.4, 0.5) is 4.39 Å². The van der Waals surface area contributed by atoms with Crippen molar-refractivity contribution in [2.75, 3.05) is 12.5 Å². The second-order valence-electron chi connectivity index (χ2n) is 5.05. The summed E-state index contributed by atoms with van der Waals surface area (Å²) in [5, 5.41) is 8.80. The van der Waals surface area contributed by atoms with Crippen LogP contribution in [0.25, 0.3) is 0 Å². The third kappa shape index (κ3) is 4.05. The highest BCUT2D eigenvalue weighted by Crippen LogP contribution is 2.21. The predicted octanol–water partition coefficient (Wildman–Crippen LogP) is 3.46. The number of hydrogen-bond acceptors (Lipinski definition) is 5. The van der Waals surface area contributed by atoms with Gasteiger partial charge >= 0.3 is 0 Å². The molecule has 0 aliphatic rings. The lowest BCUT2D eigenvalue weighted by atomic mass is 10.2. The molecule has 24 heavy (non-hydrogen) atoms. The second-order valence-corrected chi connectivity index (χ2v) is 5.99. The monoisotopic (exact) mass is 344 g/mol. The average Bonchev–Trinajstić information content (AvgIpc) is 3.07. The minimum absolute atomic E-state index is 0.231. The van der Waals surface area contributed by atoms with Crippen LogP contribution in [0.15, 0.2) is 60.0 Å². The Bertz CT molecular complexity index is 791. The summed E-state index contributed by atoms with van der Waals surface area (Å²) in [6.07, 6.45) is 1.63. The number of para-hydroxylation sites is 1. The second kappa shape index (κ2) is 7.83. The molecule has 1 heterocycles. The highest BCUT2D eigenvalue weighted by molar-refractivity contribution is 7.98. The van der Waals surface area contributed by atoms with Gasteiger partial charge in [0.05, 0.1) is 13.7 Å². The summed E-state index contributed by atoms with van der Waals surface area (Å²) in [4.78, 5) is 0. The molecule has 0 atom stereocenters. The lowest BCUT2D eigenvalue weighted by molar-refractivity contribution is 0.409. The fourth-order valence-corrected chi connectivity index (χ4v) is 3.02. The molecular weight excluding hydrogens is 327 g/mol. The van der Waals surface area contributed by atoms with E-state index in [1.54, 1.807) is 30.2 Å². The molecule has 0 spiro atoms. The fraction of sp³-hybridized carbons (Fsp3) is 0.176. The van der Waals surface area contributed by atoms with E-state index in [2.05, 4.69) is 15.6 Å². The molecule has 0 fully saturated rings. The SMILES string of the molecule is COc1ccccc1CNn1cnnc1SCc1ccc(F)cc1. The Balaban J connectivity index is 1.61. The summed E-state index contributed by atoms with van der Waals surface area (Å²) in [7, 11) is 1.65. The van der Waals surface area contributed by atoms with Gasteiger partial charge in [0.15, 0.2) is 0 Å². The van der Waals surface area contributed by atoms with Crippen LogP contribution in [0, 0.1) is 5.82 Å². The van der Waals surface area contributed by atoms with E-state index in [-0.39, 0.29) is 5.82 Å². The summed E-state index contributed by atoms with van der Waals surface area (Å²) in [5.74, 6) is 1.29. The first kappa shape index (κ1) is 16.3. The maximum absolute atomic E-state index is 12.9. The lowest BCUT2D eigenvalue weighted by Gasteiger charge is -2.12. The van der Waals surface area contributed by atoms with Crippen LogP contribution >= 0.6 is 11.8 Å². The number of ether oxygens (including phenoxy) is 1. The van der Waals surface area contributed by atoms with E-state index in [9.17, 15) is 4.39 Å². The van der Waals surface area contributed by atoms with Crippen LogP contribution in [0.3, 0.4) is 0 Å². The molecular formula is C17H17FN4OS. The van der Waals surface area contributed by atoms with Gasteiger partial charge in [-0.1, -0.05) is 42.1 Å². The van der Waals surface area contributed by atoms with E-state index < -0.39 is 0 Å². The van der Waals surface area contributed by atoms with Gasteiger partial charge in [-0.2, -0.15) is 0 Å². The van der Waals surface area contributed by atoms with Gasteiger partial charge in [-0.25, -0.2) is 9.07 Å². The van der Waals surface area contributed by atoms with Crippen molar-refractivity contribution in [3.05, 3.63) is 71.8 Å². The van der Waals surface area contributed by atoms with Crippen LogP contribution in [-0.4, -0.2) is 22.0 Å². The van der Waals surface area contributed by atoms with Gasteiger partial charge in [-0.05, 0) is 23.8 Å². The Kier molecular flexibility index (Phi) is 5.32. The van der Waals surface area contributed by atoms with Gasteiger partial charge in [-0.15, -0.1) is 10.2 Å². The van der Waals surface area contributed by atoms with Crippen molar-refractivity contribution in [2.24, 2.45) is 0 Å². The van der Waals surface area contributed by atoms with Gasteiger partial charge in [0.25, 0.3) is 0 Å². The fourth-order valence-electron chi connectivity index (χ4n) is 2.18. The summed E-state index contributed by atoms with van der Waals surface area (Å²) < 4.78 is 20.1. The first-order chi connectivity index (χ1) is 11.8. The van der Waals surface area contributed by atoms with Crippen LogP contribution in [-0.2, 0) is 12.3 Å². The minimum atomic E-state index is -0.231. The van der Waals surface area contributed by atoms with Crippen molar-refractivity contribution in [1.29, 1.82) is 0 Å². The molecule has 3 aromatic rings. The standard InChI is InChI=1S/C17H17FN4OS/c1-23-16-5-3-2-4-14(16)10-20-22-12-19-21-17(22)24-11-13-6-8-15(18)9-7-13/h2-9,12,20H,10-11H2,1H3. The summed E-state index contributed by atoms with van der Waals surface area (Å²) in [6.45, 7) is 0.589. The van der Waals surface area contributed by atoms with Gasteiger partial charge in [0.2, 0.25) is 5.16 Å². The molecule has 1 N–H and O–H groups in total. The van der Waals surface area contributed by atoms with E-state index in [1.165, 1.54) is 23.9 Å². The number of aromatic nitrogens is 3. The molecule has 0 radical (unpaired) electrons. The van der Waals surface area contributed by atoms with Crippen LogP contribution in [0.2, 0.25) is 0 Å². The van der Waals surface area contributed by atoms with E-state index in [4.69, 9.17) is 4.74 Å². The average molecular weight is 344 g/mol. The smallest absolute Gasteiger partial charge is 0.210 e. The number of halogens is 1. The number of methoxy groups -OCH3 is 1. The summed E-state index contributed by atoms with van der Waals surface area (Å²) in [6, 6.07) is 14.3. The summed E-state index contributed by atoms with van der Waals surface area (Å²) in [5.41, 5.74) is 5.33. The molecule has 0 aliphatic heterocycles. The van der Waals surface area contributed by atoms with Crippen LogP contribution < -0.4 is 10.2 Å². The highest BCUT2D eigenvalue weighted by Gasteiger charge is 2.07. The normalized spacial score (nSPS) is 10.6. The van der Waals surface area contributed by atoms with Gasteiger partial charge in [0, 0.05) is 11.3 Å². The number of benzene rings is 2. The number of nitrogens with zero attached hydrogens (tertiary/aromatic N) is 3. The first-order valence-electron chi connectivity index (χ1n) is 7.39. The molecule has 0 saturated heterocycles. The highest BCUT2D eigenvalue weighted by atomic mass is 32.2. The van der Waals surface area contributed by atoms with Crippen LogP contribution in [0.5, 0.6) is 5.75 Å². The molecule has 2 aromatic carbocycles. The third-order valence-corrected chi connectivity index (χ3v) is 4.44. The lowest BCUT2D eigenvalue weighted by Crippen LogP contribution is -2.15. The van der Waals surface area contributed by atoms with E-state index >= 15 is 0 Å². The van der Waals surface area contributed by atoms with E-state index in [1.807, 2.05) is 24.3 Å². The zero-order chi connectivity index (χ0) is 16.8. The number of hydrogen-bond donors (Lipinski definition) is 1. The van der Waals surface area contributed by atoms with Crippen molar-refractivity contribution in [3.63, 3.8) is 0 Å². The maximum Gasteiger partial charge on any atom is 0.210 e. The molecule has 0 amide bonds. The Morgan fingerprint density at radius 2 is 1.96 bits per heavy atom. The van der Waals surface area contributed by atoms with Crippen LogP contribution in [0.1, 0.15) is 11.1 Å². The largest absolute Gasteiger partial charge is 0.496 e. The molecule has 0 aliphatic carbocycles. The Morgan fingerprint density at radius 1 is 1.17 bits per heavy atom. The molecule has 3 rings (SSSR count).